The van der Waals surface area contributed by atoms with Crippen LogP contribution in [0.2, 0.25) is 0 Å². The van der Waals surface area contributed by atoms with E-state index in [2.05, 4.69) is 30.6 Å². The number of aromatic nitrogens is 6. The molecule has 2 aliphatic rings. The molecule has 0 bridgehead atoms. The fraction of sp³-hybridized carbons (Fsp3) is 0.467. The lowest BCUT2D eigenvalue weighted by Crippen LogP contribution is -2.09. The molecule has 3 aromatic heterocycles. The monoisotopic (exact) mass is 327 g/mol. The quantitative estimate of drug-likeness (QED) is 0.725. The van der Waals surface area contributed by atoms with E-state index in [1.807, 2.05) is 4.68 Å². The Labute approximate surface area is 137 Å². The second kappa shape index (κ2) is 5.17. The SMILES string of the molecule is COc1cc(Nc2cnc3cnn(CC4C5COCC54)c3n2)n[nH]1. The van der Waals surface area contributed by atoms with E-state index in [-0.39, 0.29) is 0 Å². The van der Waals surface area contributed by atoms with E-state index in [1.165, 1.54) is 0 Å². The zero-order chi connectivity index (χ0) is 16.1. The summed E-state index contributed by atoms with van der Waals surface area (Å²) in [7, 11) is 1.58. The zero-order valence-corrected chi connectivity index (χ0v) is 13.1. The molecular formula is C15H17N7O2. The number of H-pyrrole nitrogens is 1. The molecule has 1 aliphatic carbocycles. The third-order valence-electron chi connectivity index (χ3n) is 4.89. The highest BCUT2D eigenvalue weighted by molar-refractivity contribution is 5.71. The van der Waals surface area contributed by atoms with Crippen LogP contribution in [0.5, 0.6) is 5.88 Å². The van der Waals surface area contributed by atoms with Gasteiger partial charge in [0.05, 0.1) is 32.7 Å². The first kappa shape index (κ1) is 13.7. The van der Waals surface area contributed by atoms with Crippen molar-refractivity contribution in [3.63, 3.8) is 0 Å². The minimum absolute atomic E-state index is 0.582. The standard InChI is InChI=1S/C15H17N7O2/c1-23-14-2-12(20-21-14)18-13-4-16-11-3-17-22(15(11)19-13)5-8-9-6-24-7-10(8)9/h2-4,8-10H,5-7H2,1H3,(H2,18,19,20,21). The van der Waals surface area contributed by atoms with Crippen LogP contribution in [0, 0.1) is 17.8 Å². The summed E-state index contributed by atoms with van der Waals surface area (Å²) < 4.78 is 12.5. The van der Waals surface area contributed by atoms with Gasteiger partial charge in [-0.3, -0.25) is 0 Å². The Bertz CT molecular complexity index is 879. The predicted octanol–water partition coefficient (Wildman–Crippen LogP) is 1.19. The lowest BCUT2D eigenvalue weighted by atomic mass is 10.3. The maximum Gasteiger partial charge on any atom is 0.210 e. The molecule has 1 aliphatic heterocycles. The molecule has 124 valence electrons. The van der Waals surface area contributed by atoms with Crippen LogP contribution < -0.4 is 10.1 Å². The molecule has 2 fully saturated rings. The van der Waals surface area contributed by atoms with E-state index in [1.54, 1.807) is 25.6 Å². The van der Waals surface area contributed by atoms with E-state index < -0.39 is 0 Å². The maximum absolute atomic E-state index is 5.45. The topological polar surface area (TPSA) is 103 Å². The van der Waals surface area contributed by atoms with Gasteiger partial charge in [0.15, 0.2) is 17.3 Å². The summed E-state index contributed by atoms with van der Waals surface area (Å²) in [5.41, 5.74) is 1.58. The van der Waals surface area contributed by atoms with E-state index in [0.717, 1.165) is 30.9 Å². The normalized spacial score (nSPS) is 25.0. The number of ether oxygens (including phenoxy) is 2. The minimum Gasteiger partial charge on any atom is -0.481 e. The second-order valence-electron chi connectivity index (χ2n) is 6.27. The fourth-order valence-electron chi connectivity index (χ4n) is 3.48. The Morgan fingerprint density at radius 3 is 3.00 bits per heavy atom. The molecule has 0 amide bonds. The van der Waals surface area contributed by atoms with Crippen molar-refractivity contribution in [3.05, 3.63) is 18.5 Å². The van der Waals surface area contributed by atoms with Gasteiger partial charge in [0.2, 0.25) is 5.88 Å². The summed E-state index contributed by atoms with van der Waals surface area (Å²) in [6, 6.07) is 1.76. The van der Waals surface area contributed by atoms with Crippen molar-refractivity contribution in [2.75, 3.05) is 25.6 Å². The van der Waals surface area contributed by atoms with Crippen LogP contribution >= 0.6 is 0 Å². The molecule has 2 N–H and O–H groups in total. The average molecular weight is 327 g/mol. The molecule has 1 saturated heterocycles. The van der Waals surface area contributed by atoms with Gasteiger partial charge in [-0.05, 0) is 17.8 Å². The van der Waals surface area contributed by atoms with Crippen molar-refractivity contribution in [1.82, 2.24) is 29.9 Å². The third kappa shape index (κ3) is 2.20. The largest absolute Gasteiger partial charge is 0.481 e. The number of nitrogens with zero attached hydrogens (tertiary/aromatic N) is 5. The van der Waals surface area contributed by atoms with Crippen molar-refractivity contribution in [3.8, 4) is 5.88 Å². The van der Waals surface area contributed by atoms with Crippen LogP contribution in [0.15, 0.2) is 18.5 Å². The van der Waals surface area contributed by atoms with Gasteiger partial charge in [-0.15, -0.1) is 0 Å². The number of hydrogen-bond acceptors (Lipinski definition) is 7. The number of nitrogens with one attached hydrogen (secondary N) is 2. The summed E-state index contributed by atoms with van der Waals surface area (Å²) in [6.07, 6.45) is 3.44. The number of hydrogen-bond donors (Lipinski definition) is 2. The van der Waals surface area contributed by atoms with Crippen LogP contribution in [0.25, 0.3) is 11.2 Å². The van der Waals surface area contributed by atoms with Crippen LogP contribution in [-0.2, 0) is 11.3 Å². The third-order valence-corrected chi connectivity index (χ3v) is 4.89. The van der Waals surface area contributed by atoms with Gasteiger partial charge in [0, 0.05) is 12.6 Å². The smallest absolute Gasteiger partial charge is 0.210 e. The Balaban J connectivity index is 1.39. The van der Waals surface area contributed by atoms with E-state index in [0.29, 0.717) is 35.3 Å². The second-order valence-corrected chi connectivity index (χ2v) is 6.27. The van der Waals surface area contributed by atoms with Gasteiger partial charge in [-0.25, -0.2) is 19.7 Å². The molecule has 24 heavy (non-hydrogen) atoms. The van der Waals surface area contributed by atoms with Crippen molar-refractivity contribution in [2.24, 2.45) is 17.8 Å². The molecule has 9 heteroatoms. The molecule has 0 spiro atoms. The molecule has 0 aromatic carbocycles. The predicted molar refractivity (Wildman–Crippen MR) is 85.0 cm³/mol. The summed E-state index contributed by atoms with van der Waals surface area (Å²) in [6.45, 7) is 2.64. The Morgan fingerprint density at radius 1 is 1.33 bits per heavy atom. The van der Waals surface area contributed by atoms with Crippen LogP contribution in [0.3, 0.4) is 0 Å². The molecule has 1 saturated carbocycles. The van der Waals surface area contributed by atoms with Gasteiger partial charge in [0.1, 0.15) is 5.52 Å². The fourth-order valence-corrected chi connectivity index (χ4v) is 3.48. The highest BCUT2D eigenvalue weighted by Crippen LogP contribution is 2.51. The Morgan fingerprint density at radius 2 is 2.21 bits per heavy atom. The molecule has 2 unspecified atom stereocenters. The van der Waals surface area contributed by atoms with Crippen molar-refractivity contribution in [2.45, 2.75) is 6.54 Å². The summed E-state index contributed by atoms with van der Waals surface area (Å²) in [5.74, 6) is 3.86. The van der Waals surface area contributed by atoms with Gasteiger partial charge < -0.3 is 14.8 Å². The van der Waals surface area contributed by atoms with Crippen molar-refractivity contribution in [1.29, 1.82) is 0 Å². The van der Waals surface area contributed by atoms with Gasteiger partial charge in [-0.1, -0.05) is 0 Å². The minimum atomic E-state index is 0.582. The van der Waals surface area contributed by atoms with E-state index >= 15 is 0 Å². The van der Waals surface area contributed by atoms with Crippen LogP contribution in [-0.4, -0.2) is 50.3 Å². The first-order valence-electron chi connectivity index (χ1n) is 7.94. The van der Waals surface area contributed by atoms with Crippen LogP contribution in [0.1, 0.15) is 0 Å². The molecule has 2 atom stereocenters. The summed E-state index contributed by atoms with van der Waals surface area (Å²) in [5, 5.41) is 14.4. The van der Waals surface area contributed by atoms with Crippen molar-refractivity contribution >= 4 is 22.8 Å². The van der Waals surface area contributed by atoms with Crippen molar-refractivity contribution < 1.29 is 9.47 Å². The molecular weight excluding hydrogens is 310 g/mol. The number of methoxy groups -OCH3 is 1. The molecule has 4 heterocycles. The lowest BCUT2D eigenvalue weighted by Gasteiger charge is -2.06. The average Bonchev–Trinajstić information content (AvgIpc) is 3.08. The first-order chi connectivity index (χ1) is 11.8. The number of rotatable bonds is 5. The summed E-state index contributed by atoms with van der Waals surface area (Å²) >= 11 is 0. The highest BCUT2D eigenvalue weighted by Gasteiger charge is 2.53. The highest BCUT2D eigenvalue weighted by atomic mass is 16.5. The molecule has 5 rings (SSSR count). The maximum atomic E-state index is 5.45. The lowest BCUT2D eigenvalue weighted by molar-refractivity contribution is 0.147. The Hall–Kier alpha value is -2.68. The summed E-state index contributed by atoms with van der Waals surface area (Å²) in [4.78, 5) is 9.06. The van der Waals surface area contributed by atoms with Gasteiger partial charge in [-0.2, -0.15) is 10.2 Å². The number of fused-ring (bicyclic) bond motifs is 2. The molecule has 9 nitrogen and oxygen atoms in total. The zero-order valence-electron chi connectivity index (χ0n) is 13.1. The van der Waals surface area contributed by atoms with Gasteiger partial charge in [0.25, 0.3) is 0 Å². The Kier molecular flexibility index (Phi) is 2.96. The van der Waals surface area contributed by atoms with Gasteiger partial charge >= 0.3 is 0 Å². The number of aromatic amines is 1. The van der Waals surface area contributed by atoms with E-state index in [4.69, 9.17) is 9.47 Å². The molecule has 0 radical (unpaired) electrons. The van der Waals surface area contributed by atoms with E-state index in [9.17, 15) is 0 Å². The molecule has 3 aromatic rings. The number of anilines is 2. The van der Waals surface area contributed by atoms with Crippen LogP contribution in [0.4, 0.5) is 11.6 Å². The first-order valence-corrected chi connectivity index (χ1v) is 7.94.